The van der Waals surface area contributed by atoms with Gasteiger partial charge in [0.2, 0.25) is 0 Å². The predicted octanol–water partition coefficient (Wildman–Crippen LogP) is 13.7. The van der Waals surface area contributed by atoms with Gasteiger partial charge in [0.25, 0.3) is 0 Å². The molecule has 64 heavy (non-hydrogen) atoms. The van der Waals surface area contributed by atoms with E-state index < -0.39 is 23.0 Å². The minimum atomic E-state index is -0.675. The number of carbonyl (C=O) groups is 2. The van der Waals surface area contributed by atoms with Gasteiger partial charge in [-0.15, -0.1) is 0 Å². The minimum Gasteiger partial charge on any atom is -0.410 e. The van der Waals surface area contributed by atoms with Crippen LogP contribution in [0.2, 0.25) is 0 Å². The molecular formula is C58H44N2O4. The van der Waals surface area contributed by atoms with E-state index in [9.17, 15) is 9.59 Å². The van der Waals surface area contributed by atoms with Gasteiger partial charge in [-0.1, -0.05) is 212 Å². The summed E-state index contributed by atoms with van der Waals surface area (Å²) in [7, 11) is 0. The van der Waals surface area contributed by atoms with Gasteiger partial charge in [0.05, 0.1) is 10.8 Å². The quantitative estimate of drug-likeness (QED) is 0.120. The number of hydrogen-bond acceptors (Lipinski definition) is 4. The molecule has 2 amide bonds. The molecule has 0 saturated carbocycles. The SMILES string of the molecule is O=C(Nc1cccc(NC(=O)Oc2ccc(C(c3ccccc3)(c3ccccc3)c3ccccc3)cc2)c1)Oc1ccc(C(c2ccccc2)(c2ccccc2)c2ccccc2)cc1. The number of nitrogens with one attached hydrogen (secondary N) is 2. The van der Waals surface area contributed by atoms with E-state index in [-0.39, 0.29) is 0 Å². The molecule has 0 aliphatic carbocycles. The highest BCUT2D eigenvalue weighted by molar-refractivity contribution is 5.90. The monoisotopic (exact) mass is 832 g/mol. The first kappa shape index (κ1) is 40.9. The normalized spacial score (nSPS) is 11.2. The third-order valence-corrected chi connectivity index (χ3v) is 11.6. The van der Waals surface area contributed by atoms with Crippen molar-refractivity contribution in [3.05, 3.63) is 299 Å². The number of anilines is 2. The third-order valence-electron chi connectivity index (χ3n) is 11.6. The summed E-state index contributed by atoms with van der Waals surface area (Å²) < 4.78 is 11.5. The highest BCUT2D eigenvalue weighted by Crippen LogP contribution is 2.47. The van der Waals surface area contributed by atoms with Gasteiger partial charge in [-0.3, -0.25) is 10.6 Å². The van der Waals surface area contributed by atoms with E-state index in [0.717, 1.165) is 44.5 Å². The van der Waals surface area contributed by atoms with Gasteiger partial charge in [0.15, 0.2) is 0 Å². The highest BCUT2D eigenvalue weighted by atomic mass is 16.6. The van der Waals surface area contributed by atoms with Crippen molar-refractivity contribution in [3.8, 4) is 11.5 Å². The number of benzene rings is 9. The average Bonchev–Trinajstić information content (AvgIpc) is 3.35. The largest absolute Gasteiger partial charge is 0.417 e. The first-order valence-corrected chi connectivity index (χ1v) is 21.2. The van der Waals surface area contributed by atoms with Crippen LogP contribution in [0.4, 0.5) is 21.0 Å². The van der Waals surface area contributed by atoms with Gasteiger partial charge in [-0.05, 0) is 87.0 Å². The Hall–Kier alpha value is -8.48. The molecule has 6 nitrogen and oxygen atoms in total. The van der Waals surface area contributed by atoms with Crippen LogP contribution in [-0.4, -0.2) is 12.2 Å². The van der Waals surface area contributed by atoms with Gasteiger partial charge in [0.1, 0.15) is 11.5 Å². The zero-order chi connectivity index (χ0) is 43.6. The summed E-state index contributed by atoms with van der Waals surface area (Å²) in [5, 5.41) is 5.57. The highest BCUT2D eigenvalue weighted by Gasteiger charge is 2.39. The number of amides is 2. The van der Waals surface area contributed by atoms with Crippen LogP contribution in [0.1, 0.15) is 44.5 Å². The topological polar surface area (TPSA) is 76.7 Å². The summed E-state index contributed by atoms with van der Waals surface area (Å²) in [4.78, 5) is 26.5. The summed E-state index contributed by atoms with van der Waals surface area (Å²) in [6.07, 6.45) is -1.35. The molecule has 0 aromatic heterocycles. The number of ether oxygens (including phenoxy) is 2. The summed E-state index contributed by atoms with van der Waals surface area (Å²) in [6.45, 7) is 0. The third kappa shape index (κ3) is 8.28. The lowest BCUT2D eigenvalue weighted by atomic mass is 9.65. The zero-order valence-electron chi connectivity index (χ0n) is 34.9. The summed E-state index contributed by atoms with van der Waals surface area (Å²) >= 11 is 0. The summed E-state index contributed by atoms with van der Waals surface area (Å²) in [6, 6.07) is 84.6. The maximum Gasteiger partial charge on any atom is 0.417 e. The van der Waals surface area contributed by atoms with Gasteiger partial charge < -0.3 is 9.47 Å². The molecule has 9 aromatic rings. The Morgan fingerprint density at radius 3 is 0.766 bits per heavy atom. The van der Waals surface area contributed by atoms with Crippen LogP contribution < -0.4 is 20.1 Å². The molecule has 9 aromatic carbocycles. The molecule has 0 saturated heterocycles. The molecule has 0 aliphatic rings. The van der Waals surface area contributed by atoms with Crippen molar-refractivity contribution in [1.29, 1.82) is 0 Å². The molecule has 0 atom stereocenters. The molecule has 9 rings (SSSR count). The Balaban J connectivity index is 0.891. The Kier molecular flexibility index (Phi) is 11.9. The van der Waals surface area contributed by atoms with E-state index in [4.69, 9.17) is 9.47 Å². The average molecular weight is 833 g/mol. The van der Waals surface area contributed by atoms with E-state index in [1.807, 2.05) is 84.9 Å². The van der Waals surface area contributed by atoms with Crippen LogP contribution in [0, 0.1) is 0 Å². The van der Waals surface area contributed by atoms with Crippen LogP contribution in [-0.2, 0) is 10.8 Å². The number of carbonyl (C=O) groups excluding carboxylic acids is 2. The molecule has 0 spiro atoms. The van der Waals surface area contributed by atoms with E-state index in [1.54, 1.807) is 24.3 Å². The Morgan fingerprint density at radius 2 is 0.516 bits per heavy atom. The Labute approximate surface area is 373 Å². The van der Waals surface area contributed by atoms with Gasteiger partial charge in [0, 0.05) is 11.4 Å². The molecule has 0 radical (unpaired) electrons. The second kappa shape index (κ2) is 18.6. The van der Waals surface area contributed by atoms with E-state index in [0.29, 0.717) is 22.9 Å². The Bertz CT molecular complexity index is 2540. The fourth-order valence-corrected chi connectivity index (χ4v) is 8.85. The van der Waals surface area contributed by atoms with Crippen molar-refractivity contribution >= 4 is 23.6 Å². The van der Waals surface area contributed by atoms with Crippen LogP contribution >= 0.6 is 0 Å². The molecule has 0 bridgehead atoms. The van der Waals surface area contributed by atoms with Gasteiger partial charge in [-0.25, -0.2) is 9.59 Å². The van der Waals surface area contributed by atoms with Crippen LogP contribution in [0.25, 0.3) is 0 Å². The molecule has 0 aliphatic heterocycles. The fraction of sp³-hybridized carbons (Fsp3) is 0.0345. The Morgan fingerprint density at radius 1 is 0.281 bits per heavy atom. The predicted molar refractivity (Wildman–Crippen MR) is 255 cm³/mol. The first-order chi connectivity index (χ1) is 31.5. The van der Waals surface area contributed by atoms with Crippen molar-refractivity contribution < 1.29 is 19.1 Å². The van der Waals surface area contributed by atoms with E-state index >= 15 is 0 Å². The molecule has 0 heterocycles. The second-order valence-electron chi connectivity index (χ2n) is 15.4. The van der Waals surface area contributed by atoms with E-state index in [1.165, 1.54) is 0 Å². The maximum atomic E-state index is 13.2. The first-order valence-electron chi connectivity index (χ1n) is 21.2. The number of hydrogen-bond donors (Lipinski definition) is 2. The molecule has 2 N–H and O–H groups in total. The van der Waals surface area contributed by atoms with E-state index in [2.05, 4.69) is 156 Å². The second-order valence-corrected chi connectivity index (χ2v) is 15.4. The molecule has 0 unspecified atom stereocenters. The van der Waals surface area contributed by atoms with Crippen LogP contribution in [0.15, 0.2) is 255 Å². The standard InChI is InChI=1S/C58H44N2O4/c61-55(63-53-38-34-49(35-39-53)57(43-20-7-1-8-21-43,44-22-9-2-10-23-44)45-24-11-3-12-25-45)59-51-32-19-33-52(42-51)60-56(62)64-54-40-36-50(37-41-54)58(46-26-13-4-14-27-46,47-28-15-5-16-29-47)48-30-17-6-18-31-48/h1-42H,(H,59,61)(H,60,62). The molecular weight excluding hydrogens is 789 g/mol. The minimum absolute atomic E-state index is 0.377. The van der Waals surface area contributed by atoms with Crippen molar-refractivity contribution in [1.82, 2.24) is 0 Å². The fourth-order valence-electron chi connectivity index (χ4n) is 8.85. The van der Waals surface area contributed by atoms with Crippen molar-refractivity contribution in [3.63, 3.8) is 0 Å². The lowest BCUT2D eigenvalue weighted by Crippen LogP contribution is -2.31. The van der Waals surface area contributed by atoms with Gasteiger partial charge in [-0.2, -0.15) is 0 Å². The lowest BCUT2D eigenvalue weighted by Gasteiger charge is -2.36. The molecule has 6 heteroatoms. The van der Waals surface area contributed by atoms with Crippen LogP contribution in [0.5, 0.6) is 11.5 Å². The summed E-state index contributed by atoms with van der Waals surface area (Å²) in [5.74, 6) is 0.753. The zero-order valence-corrected chi connectivity index (χ0v) is 34.9. The summed E-state index contributed by atoms with van der Waals surface area (Å²) in [5.41, 5.74) is 8.33. The van der Waals surface area contributed by atoms with Crippen molar-refractivity contribution in [2.75, 3.05) is 10.6 Å². The van der Waals surface area contributed by atoms with Gasteiger partial charge >= 0.3 is 12.2 Å². The number of rotatable bonds is 12. The van der Waals surface area contributed by atoms with Crippen molar-refractivity contribution in [2.45, 2.75) is 10.8 Å². The smallest absolute Gasteiger partial charge is 0.410 e. The molecule has 0 fully saturated rings. The van der Waals surface area contributed by atoms with Crippen LogP contribution in [0.3, 0.4) is 0 Å². The lowest BCUT2D eigenvalue weighted by molar-refractivity contribution is 0.214. The molecule has 310 valence electrons. The van der Waals surface area contributed by atoms with Crippen molar-refractivity contribution in [2.24, 2.45) is 0 Å². The maximum absolute atomic E-state index is 13.2.